The van der Waals surface area contributed by atoms with Gasteiger partial charge >= 0.3 is 0 Å². The third-order valence-corrected chi connectivity index (χ3v) is 3.63. The van der Waals surface area contributed by atoms with Crippen LogP contribution in [0.5, 0.6) is 0 Å². The molecule has 0 radical (unpaired) electrons. The molecule has 0 atom stereocenters. The van der Waals surface area contributed by atoms with E-state index < -0.39 is 10.1 Å². The standard InChI is InChI=1S/C15H22N2O4S/c18-15(14-8-4-2-1-3-5-9-14)17-12-6-10-16-11-7-13-22(19,20)21/h1-5,8-9,16H,6-7,10-13H2,(H,17,18)(H,19,20,21)/b2-1-,3-1?,4-2?,5-3-,8-4-,9-5?,14-8?,14-9+. The molecule has 122 valence electrons. The fourth-order valence-corrected chi connectivity index (χ4v) is 2.25. The van der Waals surface area contributed by atoms with Gasteiger partial charge in [-0.05, 0) is 38.1 Å². The third-order valence-electron chi connectivity index (χ3n) is 2.83. The number of carbonyl (C=O) groups excluding carboxylic acids is 1. The summed E-state index contributed by atoms with van der Waals surface area (Å²) >= 11 is 0. The van der Waals surface area contributed by atoms with Crippen LogP contribution >= 0.6 is 0 Å². The van der Waals surface area contributed by atoms with E-state index in [0.717, 1.165) is 6.42 Å². The monoisotopic (exact) mass is 326 g/mol. The van der Waals surface area contributed by atoms with Crippen molar-refractivity contribution in [2.24, 2.45) is 0 Å². The van der Waals surface area contributed by atoms with Crippen molar-refractivity contribution in [3.05, 3.63) is 48.1 Å². The third kappa shape index (κ3) is 9.28. The van der Waals surface area contributed by atoms with Gasteiger partial charge in [-0.3, -0.25) is 9.35 Å². The highest BCUT2D eigenvalue weighted by molar-refractivity contribution is 7.85. The van der Waals surface area contributed by atoms with E-state index >= 15 is 0 Å². The van der Waals surface area contributed by atoms with Gasteiger partial charge in [-0.15, -0.1) is 0 Å². The number of hydrogen-bond donors (Lipinski definition) is 3. The molecule has 1 amide bonds. The average Bonchev–Trinajstić information content (AvgIpc) is 2.40. The maximum absolute atomic E-state index is 11.9. The molecular formula is C15H22N2O4S. The normalized spacial score (nSPS) is 21.0. The van der Waals surface area contributed by atoms with E-state index in [1.165, 1.54) is 0 Å². The molecule has 1 rings (SSSR count). The summed E-state index contributed by atoms with van der Waals surface area (Å²) in [5.74, 6) is -0.360. The van der Waals surface area contributed by atoms with Gasteiger partial charge in [0.1, 0.15) is 0 Å². The van der Waals surface area contributed by atoms with E-state index in [0.29, 0.717) is 31.6 Å². The van der Waals surface area contributed by atoms with Gasteiger partial charge in [0.05, 0.1) is 5.75 Å². The van der Waals surface area contributed by atoms with Gasteiger partial charge in [0, 0.05) is 12.1 Å². The molecule has 0 spiro atoms. The maximum atomic E-state index is 11.9. The quantitative estimate of drug-likeness (QED) is 0.433. The summed E-state index contributed by atoms with van der Waals surface area (Å²) in [6, 6.07) is 0. The van der Waals surface area contributed by atoms with Crippen LogP contribution in [-0.2, 0) is 14.9 Å². The van der Waals surface area contributed by atoms with Crippen LogP contribution in [-0.4, -0.2) is 44.3 Å². The fourth-order valence-electron chi connectivity index (χ4n) is 1.74. The lowest BCUT2D eigenvalue weighted by Crippen LogP contribution is -2.28. The van der Waals surface area contributed by atoms with Crippen molar-refractivity contribution in [2.75, 3.05) is 25.4 Å². The Morgan fingerprint density at radius 1 is 1.00 bits per heavy atom. The van der Waals surface area contributed by atoms with E-state index in [-0.39, 0.29) is 11.7 Å². The average molecular weight is 326 g/mol. The second kappa shape index (κ2) is 10.1. The first-order chi connectivity index (χ1) is 10.5. The fraction of sp³-hybridized carbons (Fsp3) is 0.400. The number of amides is 1. The number of rotatable bonds is 9. The van der Waals surface area contributed by atoms with Crippen molar-refractivity contribution in [3.63, 3.8) is 0 Å². The van der Waals surface area contributed by atoms with Gasteiger partial charge in [-0.1, -0.05) is 30.4 Å². The van der Waals surface area contributed by atoms with E-state index in [2.05, 4.69) is 10.6 Å². The smallest absolute Gasteiger partial charge is 0.264 e. The number of carbonyl (C=O) groups is 1. The SMILES string of the molecule is O=C(NCCCNCCCS(=O)(=O)O)C1=C/C=C\C=C/C=C\1. The number of allylic oxidation sites excluding steroid dienone is 6. The van der Waals surface area contributed by atoms with Crippen LogP contribution in [0.25, 0.3) is 0 Å². The topological polar surface area (TPSA) is 95.5 Å². The molecule has 0 heterocycles. The predicted molar refractivity (Wildman–Crippen MR) is 87.0 cm³/mol. The lowest BCUT2D eigenvalue weighted by molar-refractivity contribution is -0.117. The Bertz CT molecular complexity index is 574. The first kappa shape index (κ1) is 18.3. The van der Waals surface area contributed by atoms with E-state index in [4.69, 9.17) is 4.55 Å². The minimum absolute atomic E-state index is 0.123. The molecule has 22 heavy (non-hydrogen) atoms. The molecule has 6 nitrogen and oxygen atoms in total. The second-order valence-corrected chi connectivity index (χ2v) is 6.32. The Hall–Kier alpha value is -1.70. The van der Waals surface area contributed by atoms with Crippen LogP contribution in [0.3, 0.4) is 0 Å². The molecule has 0 aliphatic heterocycles. The Labute approximate surface area is 131 Å². The van der Waals surface area contributed by atoms with Crippen LogP contribution in [0.4, 0.5) is 0 Å². The van der Waals surface area contributed by atoms with Crippen LogP contribution in [0.15, 0.2) is 48.1 Å². The van der Waals surface area contributed by atoms with Crippen molar-refractivity contribution in [1.29, 1.82) is 0 Å². The molecule has 0 aromatic heterocycles. The number of nitrogens with one attached hydrogen (secondary N) is 2. The van der Waals surface area contributed by atoms with Crippen molar-refractivity contribution in [2.45, 2.75) is 12.8 Å². The summed E-state index contributed by atoms with van der Waals surface area (Å²) < 4.78 is 29.6. The zero-order valence-corrected chi connectivity index (χ0v) is 13.2. The molecule has 3 N–H and O–H groups in total. The largest absolute Gasteiger partial charge is 0.352 e. The summed E-state index contributed by atoms with van der Waals surface area (Å²) in [5.41, 5.74) is 0.599. The summed E-state index contributed by atoms with van der Waals surface area (Å²) in [7, 11) is -3.87. The molecule has 1 aliphatic rings. The Balaban J connectivity index is 2.10. The van der Waals surface area contributed by atoms with Gasteiger partial charge in [0.25, 0.3) is 16.0 Å². The maximum Gasteiger partial charge on any atom is 0.264 e. The van der Waals surface area contributed by atoms with Gasteiger partial charge < -0.3 is 10.6 Å². The first-order valence-corrected chi connectivity index (χ1v) is 8.76. The highest BCUT2D eigenvalue weighted by atomic mass is 32.2. The summed E-state index contributed by atoms with van der Waals surface area (Å²) in [5, 5.41) is 5.88. The van der Waals surface area contributed by atoms with Gasteiger partial charge in [0.15, 0.2) is 0 Å². The lowest BCUT2D eigenvalue weighted by atomic mass is 10.1. The highest BCUT2D eigenvalue weighted by Crippen LogP contribution is 2.01. The molecule has 0 aromatic carbocycles. The van der Waals surface area contributed by atoms with Crippen molar-refractivity contribution < 1.29 is 17.8 Å². The highest BCUT2D eigenvalue weighted by Gasteiger charge is 2.05. The molecule has 0 saturated carbocycles. The van der Waals surface area contributed by atoms with E-state index in [9.17, 15) is 13.2 Å². The molecule has 0 saturated heterocycles. The van der Waals surface area contributed by atoms with E-state index in [1.807, 2.05) is 30.4 Å². The molecule has 0 bridgehead atoms. The Morgan fingerprint density at radius 3 is 2.45 bits per heavy atom. The van der Waals surface area contributed by atoms with Crippen molar-refractivity contribution >= 4 is 16.0 Å². The summed E-state index contributed by atoms with van der Waals surface area (Å²) in [4.78, 5) is 11.9. The minimum Gasteiger partial charge on any atom is -0.352 e. The van der Waals surface area contributed by atoms with Gasteiger partial charge in [0.2, 0.25) is 0 Å². The van der Waals surface area contributed by atoms with Crippen molar-refractivity contribution in [1.82, 2.24) is 10.6 Å². The Kier molecular flexibility index (Phi) is 8.42. The van der Waals surface area contributed by atoms with Crippen molar-refractivity contribution in [3.8, 4) is 0 Å². The molecule has 0 aromatic rings. The van der Waals surface area contributed by atoms with Crippen LogP contribution in [0.1, 0.15) is 12.8 Å². The number of hydrogen-bond acceptors (Lipinski definition) is 4. The first-order valence-electron chi connectivity index (χ1n) is 7.15. The molecule has 1 aliphatic carbocycles. The summed E-state index contributed by atoms with van der Waals surface area (Å²) in [6.45, 7) is 1.72. The summed E-state index contributed by atoms with van der Waals surface area (Å²) in [6.07, 6.45) is 13.8. The zero-order chi connectivity index (χ0) is 16.3. The van der Waals surface area contributed by atoms with Crippen LogP contribution in [0.2, 0.25) is 0 Å². The van der Waals surface area contributed by atoms with E-state index in [1.54, 1.807) is 12.2 Å². The molecule has 0 unspecified atom stereocenters. The van der Waals surface area contributed by atoms with Gasteiger partial charge in [-0.25, -0.2) is 0 Å². The van der Waals surface area contributed by atoms with Crippen LogP contribution in [0, 0.1) is 0 Å². The minimum atomic E-state index is -3.87. The zero-order valence-electron chi connectivity index (χ0n) is 12.4. The molecule has 0 fully saturated rings. The molecular weight excluding hydrogens is 304 g/mol. The lowest BCUT2D eigenvalue weighted by Gasteiger charge is -2.07. The van der Waals surface area contributed by atoms with Gasteiger partial charge in [-0.2, -0.15) is 8.42 Å². The molecule has 7 heteroatoms. The van der Waals surface area contributed by atoms with Crippen LogP contribution < -0.4 is 10.6 Å². The second-order valence-electron chi connectivity index (χ2n) is 4.75. The Morgan fingerprint density at radius 2 is 1.68 bits per heavy atom. The predicted octanol–water partition coefficient (Wildman–Crippen LogP) is 0.969.